The van der Waals surface area contributed by atoms with Crippen molar-refractivity contribution in [1.29, 1.82) is 0 Å². The molecule has 3 rings (SSSR count). The van der Waals surface area contributed by atoms with E-state index in [4.69, 9.17) is 0 Å². The smallest absolute Gasteiger partial charge is 0.237 e. The number of carbonyl (C=O) groups is 3. The summed E-state index contributed by atoms with van der Waals surface area (Å²) in [5.41, 5.74) is 1.49. The molecule has 1 aliphatic rings. The van der Waals surface area contributed by atoms with Crippen molar-refractivity contribution in [3.05, 3.63) is 59.7 Å². The molecule has 31 heavy (non-hydrogen) atoms. The highest BCUT2D eigenvalue weighted by atomic mass is 32.2. The molecule has 1 saturated heterocycles. The predicted octanol–water partition coefficient (Wildman–Crippen LogP) is 2.88. The number of hydrogen-bond acceptors (Lipinski definition) is 5. The van der Waals surface area contributed by atoms with Crippen LogP contribution in [-0.4, -0.2) is 31.9 Å². The number of carbonyl (C=O) groups excluding carboxylic acids is 3. The van der Waals surface area contributed by atoms with Crippen LogP contribution in [0.3, 0.4) is 0 Å². The Morgan fingerprint density at radius 3 is 2.29 bits per heavy atom. The monoisotopic (exact) mass is 442 g/mol. The highest BCUT2D eigenvalue weighted by molar-refractivity contribution is 7.91. The lowest BCUT2D eigenvalue weighted by atomic mass is 9.72. The molecule has 2 aromatic carbocycles. The van der Waals surface area contributed by atoms with Crippen LogP contribution in [0.15, 0.2) is 53.4 Å². The Bertz CT molecular complexity index is 1090. The van der Waals surface area contributed by atoms with Crippen LogP contribution in [0.5, 0.6) is 0 Å². The second-order valence-corrected chi connectivity index (χ2v) is 9.93. The molecule has 7 nitrogen and oxygen atoms in total. The third-order valence-electron chi connectivity index (χ3n) is 5.77. The summed E-state index contributed by atoms with van der Waals surface area (Å²) in [6, 6.07) is 13.4. The van der Waals surface area contributed by atoms with Gasteiger partial charge in [0.1, 0.15) is 0 Å². The van der Waals surface area contributed by atoms with Crippen LogP contribution in [-0.2, 0) is 29.6 Å². The maximum atomic E-state index is 12.5. The lowest BCUT2D eigenvalue weighted by Crippen LogP contribution is -2.51. The summed E-state index contributed by atoms with van der Waals surface area (Å²) in [6.07, 6.45) is 1.11. The summed E-state index contributed by atoms with van der Waals surface area (Å²) in [5.74, 6) is -1.26. The molecule has 1 aliphatic heterocycles. The quantitative estimate of drug-likeness (QED) is 0.641. The fourth-order valence-corrected chi connectivity index (χ4v) is 4.99. The molecule has 0 aliphatic carbocycles. The molecule has 0 spiro atoms. The van der Waals surface area contributed by atoms with Gasteiger partial charge in [-0.05, 0) is 49.6 Å². The van der Waals surface area contributed by atoms with Crippen LogP contribution in [0, 0.1) is 6.92 Å². The van der Waals surface area contributed by atoms with E-state index >= 15 is 0 Å². The van der Waals surface area contributed by atoms with E-state index < -0.39 is 21.2 Å². The van der Waals surface area contributed by atoms with Gasteiger partial charge in [-0.15, -0.1) is 0 Å². The van der Waals surface area contributed by atoms with Gasteiger partial charge in [0.05, 0.1) is 16.1 Å². The number of sulfone groups is 1. The third-order valence-corrected chi connectivity index (χ3v) is 7.50. The van der Waals surface area contributed by atoms with Crippen molar-refractivity contribution in [1.82, 2.24) is 5.32 Å². The molecule has 8 heteroatoms. The molecular weight excluding hydrogens is 416 g/mol. The molecule has 2 aromatic rings. The van der Waals surface area contributed by atoms with Gasteiger partial charge >= 0.3 is 0 Å². The van der Waals surface area contributed by atoms with Gasteiger partial charge in [-0.1, -0.05) is 36.8 Å². The first-order valence-corrected chi connectivity index (χ1v) is 11.9. The summed E-state index contributed by atoms with van der Waals surface area (Å²) < 4.78 is 24.8. The van der Waals surface area contributed by atoms with Gasteiger partial charge in [0.2, 0.25) is 17.7 Å². The molecule has 1 atom stereocenters. The number of hydrogen-bond donors (Lipinski definition) is 2. The second-order valence-electron chi connectivity index (χ2n) is 7.82. The number of nitrogens with one attached hydrogen (secondary N) is 2. The Kier molecular flexibility index (Phi) is 6.59. The minimum atomic E-state index is -3.54. The van der Waals surface area contributed by atoms with Crippen molar-refractivity contribution < 1.29 is 22.8 Å². The van der Waals surface area contributed by atoms with E-state index in [9.17, 15) is 22.8 Å². The first-order valence-electron chi connectivity index (χ1n) is 10.2. The molecule has 2 N–H and O–H groups in total. The van der Waals surface area contributed by atoms with Crippen molar-refractivity contribution >= 4 is 33.2 Å². The van der Waals surface area contributed by atoms with Crippen LogP contribution in [0.25, 0.3) is 0 Å². The van der Waals surface area contributed by atoms with Gasteiger partial charge in [-0.3, -0.25) is 19.7 Å². The average molecular weight is 443 g/mol. The zero-order valence-electron chi connectivity index (χ0n) is 17.6. The zero-order chi connectivity index (χ0) is 22.6. The van der Waals surface area contributed by atoms with Crippen LogP contribution >= 0.6 is 0 Å². The third kappa shape index (κ3) is 5.02. The van der Waals surface area contributed by atoms with Crippen LogP contribution < -0.4 is 10.6 Å². The van der Waals surface area contributed by atoms with Gasteiger partial charge < -0.3 is 5.32 Å². The predicted molar refractivity (Wildman–Crippen MR) is 117 cm³/mol. The van der Waals surface area contributed by atoms with Crippen molar-refractivity contribution in [3.8, 4) is 0 Å². The van der Waals surface area contributed by atoms with E-state index in [0.29, 0.717) is 18.5 Å². The maximum Gasteiger partial charge on any atom is 0.237 e. The molecule has 3 amide bonds. The molecule has 0 bridgehead atoms. The summed E-state index contributed by atoms with van der Waals surface area (Å²) in [4.78, 5) is 36.4. The van der Waals surface area contributed by atoms with E-state index in [1.165, 1.54) is 0 Å². The average Bonchev–Trinajstić information content (AvgIpc) is 2.74. The van der Waals surface area contributed by atoms with Crippen molar-refractivity contribution in [2.24, 2.45) is 0 Å². The maximum absolute atomic E-state index is 12.5. The number of piperidine rings is 1. The highest BCUT2D eigenvalue weighted by Gasteiger charge is 2.42. The number of rotatable bonds is 7. The van der Waals surface area contributed by atoms with Gasteiger partial charge in [0, 0.05) is 18.5 Å². The Labute approximate surface area is 182 Å². The second kappa shape index (κ2) is 9.01. The largest absolute Gasteiger partial charge is 0.326 e. The lowest BCUT2D eigenvalue weighted by molar-refractivity contribution is -0.138. The Balaban J connectivity index is 1.63. The van der Waals surface area contributed by atoms with Gasteiger partial charge in [-0.2, -0.15) is 0 Å². The number of anilines is 1. The van der Waals surface area contributed by atoms with Gasteiger partial charge in [0.15, 0.2) is 9.84 Å². The molecule has 0 radical (unpaired) electrons. The van der Waals surface area contributed by atoms with Gasteiger partial charge in [-0.25, -0.2) is 8.42 Å². The normalized spacial score (nSPS) is 19.0. The molecule has 0 saturated carbocycles. The molecule has 1 unspecified atom stereocenters. The number of amides is 3. The summed E-state index contributed by atoms with van der Waals surface area (Å²) in [5, 5.41) is 5.11. The van der Waals surface area contributed by atoms with Crippen molar-refractivity contribution in [3.63, 3.8) is 0 Å². The van der Waals surface area contributed by atoms with E-state index in [1.807, 2.05) is 13.8 Å². The minimum absolute atomic E-state index is 0.165. The zero-order valence-corrected chi connectivity index (χ0v) is 18.4. The first kappa shape index (κ1) is 22.7. The minimum Gasteiger partial charge on any atom is -0.326 e. The van der Waals surface area contributed by atoms with E-state index in [0.717, 1.165) is 11.1 Å². The van der Waals surface area contributed by atoms with Crippen LogP contribution in [0.2, 0.25) is 0 Å². The topological polar surface area (TPSA) is 109 Å². The summed E-state index contributed by atoms with van der Waals surface area (Å²) >= 11 is 0. The number of benzene rings is 2. The van der Waals surface area contributed by atoms with Crippen molar-refractivity contribution in [2.75, 3.05) is 11.1 Å². The summed E-state index contributed by atoms with van der Waals surface area (Å²) in [7, 11) is -3.54. The van der Waals surface area contributed by atoms with Crippen molar-refractivity contribution in [2.45, 2.75) is 49.8 Å². The molecule has 164 valence electrons. The standard InChI is InChI=1S/C23H26N2O5S/c1-3-23(14-12-20(26)25-22(23)28)17-6-8-18(9-7-17)24-21(27)13-15-31(29,30)19-10-4-16(2)5-11-19/h4-11H,3,12-15H2,1-2H3,(H,24,27)(H,25,26,28). The fraction of sp³-hybridized carbons (Fsp3) is 0.348. The van der Waals surface area contributed by atoms with E-state index in [2.05, 4.69) is 10.6 Å². The SMILES string of the molecule is CCC1(c2ccc(NC(=O)CCS(=O)(=O)c3ccc(C)cc3)cc2)CCC(=O)NC1=O. The number of aryl methyl sites for hydroxylation is 1. The van der Waals surface area contributed by atoms with Crippen LogP contribution in [0.1, 0.15) is 43.7 Å². The van der Waals surface area contributed by atoms with Gasteiger partial charge in [0.25, 0.3) is 0 Å². The Morgan fingerprint density at radius 2 is 1.71 bits per heavy atom. The molecule has 1 fully saturated rings. The highest BCUT2D eigenvalue weighted by Crippen LogP contribution is 2.36. The lowest BCUT2D eigenvalue weighted by Gasteiger charge is -2.35. The number of imide groups is 1. The molecule has 0 aromatic heterocycles. The summed E-state index contributed by atoms with van der Waals surface area (Å²) in [6.45, 7) is 3.78. The van der Waals surface area contributed by atoms with E-state index in [-0.39, 0.29) is 35.3 Å². The fourth-order valence-electron chi connectivity index (χ4n) is 3.75. The Morgan fingerprint density at radius 1 is 1.06 bits per heavy atom. The van der Waals surface area contributed by atoms with E-state index in [1.54, 1.807) is 48.5 Å². The molecule has 1 heterocycles. The molecular formula is C23H26N2O5S. The Hall–Kier alpha value is -3.00. The van der Waals surface area contributed by atoms with Crippen LogP contribution in [0.4, 0.5) is 5.69 Å². The first-order chi connectivity index (χ1) is 14.7.